The van der Waals surface area contributed by atoms with Crippen molar-refractivity contribution in [1.82, 2.24) is 10.6 Å². The number of carbonyl (C=O) groups excluding carboxylic acids is 3. The molecule has 10 heteroatoms. The van der Waals surface area contributed by atoms with Gasteiger partial charge in [0.25, 0.3) is 11.6 Å². The normalized spacial score (nSPS) is 9.92. The van der Waals surface area contributed by atoms with Crippen LogP contribution in [0.25, 0.3) is 0 Å². The Kier molecular flexibility index (Phi) is 7.63. The highest BCUT2D eigenvalue weighted by molar-refractivity contribution is 6.33. The number of non-ortho nitro benzene ring substituents is 1. The number of halogens is 1. The lowest BCUT2D eigenvalue weighted by atomic mass is 10.2. The van der Waals surface area contributed by atoms with Crippen molar-refractivity contribution in [2.24, 2.45) is 0 Å². The SMILES string of the molecule is CCCCNC(=O)NC(=O)COC(=O)c1ccc([N+](=O)[O-])cc1Cl. The molecule has 24 heavy (non-hydrogen) atoms. The van der Waals surface area contributed by atoms with Gasteiger partial charge in [-0.3, -0.25) is 20.2 Å². The summed E-state index contributed by atoms with van der Waals surface area (Å²) in [5.41, 5.74) is -0.402. The Hall–Kier alpha value is -2.68. The van der Waals surface area contributed by atoms with E-state index in [2.05, 4.69) is 5.32 Å². The largest absolute Gasteiger partial charge is 0.452 e. The third-order valence-electron chi connectivity index (χ3n) is 2.79. The van der Waals surface area contributed by atoms with E-state index in [0.29, 0.717) is 6.54 Å². The van der Waals surface area contributed by atoms with Gasteiger partial charge in [-0.05, 0) is 12.5 Å². The van der Waals surface area contributed by atoms with Gasteiger partial charge in [-0.25, -0.2) is 9.59 Å². The smallest absolute Gasteiger partial charge is 0.340 e. The predicted molar refractivity (Wildman–Crippen MR) is 84.8 cm³/mol. The molecule has 1 rings (SSSR count). The Morgan fingerprint density at radius 3 is 2.62 bits per heavy atom. The van der Waals surface area contributed by atoms with E-state index in [0.717, 1.165) is 31.0 Å². The van der Waals surface area contributed by atoms with Gasteiger partial charge in [-0.15, -0.1) is 0 Å². The third kappa shape index (κ3) is 6.21. The van der Waals surface area contributed by atoms with E-state index >= 15 is 0 Å². The maximum Gasteiger partial charge on any atom is 0.340 e. The number of carbonyl (C=O) groups is 3. The molecule has 0 aliphatic carbocycles. The van der Waals surface area contributed by atoms with Gasteiger partial charge < -0.3 is 10.1 Å². The van der Waals surface area contributed by atoms with Crippen molar-refractivity contribution in [2.45, 2.75) is 19.8 Å². The van der Waals surface area contributed by atoms with Crippen LogP contribution in [0.3, 0.4) is 0 Å². The molecule has 130 valence electrons. The molecule has 0 aromatic heterocycles. The average molecular weight is 358 g/mol. The quantitative estimate of drug-likeness (QED) is 0.332. The lowest BCUT2D eigenvalue weighted by Gasteiger charge is -2.07. The van der Waals surface area contributed by atoms with Crippen LogP contribution in [0.4, 0.5) is 10.5 Å². The summed E-state index contributed by atoms with van der Waals surface area (Å²) >= 11 is 5.77. The highest BCUT2D eigenvalue weighted by atomic mass is 35.5. The minimum atomic E-state index is -0.934. The molecule has 0 radical (unpaired) electrons. The van der Waals surface area contributed by atoms with Crippen molar-refractivity contribution in [2.75, 3.05) is 13.2 Å². The van der Waals surface area contributed by atoms with Crippen molar-refractivity contribution >= 4 is 35.2 Å². The lowest BCUT2D eigenvalue weighted by molar-refractivity contribution is -0.384. The number of rotatable bonds is 7. The number of nitrogens with one attached hydrogen (secondary N) is 2. The average Bonchev–Trinajstić information content (AvgIpc) is 2.52. The molecule has 0 fully saturated rings. The zero-order valence-electron chi connectivity index (χ0n) is 12.8. The molecule has 0 atom stereocenters. The third-order valence-corrected chi connectivity index (χ3v) is 3.10. The number of ether oxygens (including phenoxy) is 1. The Morgan fingerprint density at radius 1 is 1.33 bits per heavy atom. The highest BCUT2D eigenvalue weighted by Crippen LogP contribution is 2.22. The maximum atomic E-state index is 11.8. The second-order valence-corrected chi connectivity index (χ2v) is 5.06. The number of hydrogen-bond acceptors (Lipinski definition) is 6. The van der Waals surface area contributed by atoms with Crippen LogP contribution < -0.4 is 10.6 Å². The number of nitro benzene ring substituents is 1. The van der Waals surface area contributed by atoms with Gasteiger partial charge in [0.2, 0.25) is 0 Å². The second-order valence-electron chi connectivity index (χ2n) is 4.66. The number of unbranched alkanes of at least 4 members (excludes halogenated alkanes) is 1. The van der Waals surface area contributed by atoms with E-state index in [1.165, 1.54) is 0 Å². The van der Waals surface area contributed by atoms with Crippen LogP contribution in [-0.4, -0.2) is 36.0 Å². The van der Waals surface area contributed by atoms with Crippen LogP contribution in [0.1, 0.15) is 30.1 Å². The molecule has 0 spiro atoms. The Labute approximate surface area is 142 Å². The van der Waals surface area contributed by atoms with Crippen molar-refractivity contribution in [3.05, 3.63) is 38.9 Å². The number of benzene rings is 1. The molecule has 0 saturated heterocycles. The summed E-state index contributed by atoms with van der Waals surface area (Å²) in [6.45, 7) is 1.69. The standard InChI is InChI=1S/C14H16ClN3O6/c1-2-3-6-16-14(21)17-12(19)8-24-13(20)10-5-4-9(18(22)23)7-11(10)15/h4-5,7H,2-3,6,8H2,1H3,(H2,16,17,19,21). The minimum absolute atomic E-state index is 0.123. The van der Waals surface area contributed by atoms with Gasteiger partial charge in [0.15, 0.2) is 6.61 Å². The number of nitro groups is 1. The van der Waals surface area contributed by atoms with Crippen LogP contribution in [0.5, 0.6) is 0 Å². The molecule has 1 aromatic carbocycles. The zero-order valence-corrected chi connectivity index (χ0v) is 13.6. The zero-order chi connectivity index (χ0) is 18.1. The number of hydrogen-bond donors (Lipinski definition) is 2. The number of esters is 1. The second kappa shape index (κ2) is 9.46. The highest BCUT2D eigenvalue weighted by Gasteiger charge is 2.17. The van der Waals surface area contributed by atoms with Crippen LogP contribution >= 0.6 is 11.6 Å². The molecule has 3 amide bonds. The fraction of sp³-hybridized carbons (Fsp3) is 0.357. The summed E-state index contributed by atoms with van der Waals surface area (Å²) in [5.74, 6) is -1.74. The topological polar surface area (TPSA) is 128 Å². The monoisotopic (exact) mass is 357 g/mol. The molecule has 2 N–H and O–H groups in total. The molecule has 1 aromatic rings. The molecule has 0 bridgehead atoms. The number of imide groups is 1. The van der Waals surface area contributed by atoms with E-state index in [4.69, 9.17) is 16.3 Å². The van der Waals surface area contributed by atoms with E-state index in [1.54, 1.807) is 0 Å². The summed E-state index contributed by atoms with van der Waals surface area (Å²) in [6, 6.07) is 2.53. The Morgan fingerprint density at radius 2 is 2.04 bits per heavy atom. The predicted octanol–water partition coefficient (Wildman–Crippen LogP) is 2.03. The summed E-state index contributed by atoms with van der Waals surface area (Å²) in [7, 11) is 0. The molecule has 0 heterocycles. The molecule has 9 nitrogen and oxygen atoms in total. The van der Waals surface area contributed by atoms with Crippen molar-refractivity contribution in [3.63, 3.8) is 0 Å². The molecule has 0 aliphatic heterocycles. The van der Waals surface area contributed by atoms with Crippen LogP contribution in [0.15, 0.2) is 18.2 Å². The fourth-order valence-electron chi connectivity index (χ4n) is 1.58. The first-order valence-corrected chi connectivity index (χ1v) is 7.41. The van der Waals surface area contributed by atoms with Crippen LogP contribution in [0, 0.1) is 10.1 Å². The van der Waals surface area contributed by atoms with Crippen molar-refractivity contribution in [1.29, 1.82) is 0 Å². The summed E-state index contributed by atoms with van der Waals surface area (Å²) in [5, 5.41) is 14.9. The molecular weight excluding hydrogens is 342 g/mol. The van der Waals surface area contributed by atoms with Gasteiger partial charge in [-0.2, -0.15) is 0 Å². The van der Waals surface area contributed by atoms with Crippen molar-refractivity contribution in [3.8, 4) is 0 Å². The Bertz CT molecular complexity index is 649. The molecule has 0 saturated carbocycles. The number of urea groups is 1. The number of nitrogens with zero attached hydrogens (tertiary/aromatic N) is 1. The first-order valence-electron chi connectivity index (χ1n) is 7.04. The van der Waals surface area contributed by atoms with Gasteiger partial charge in [0.05, 0.1) is 15.5 Å². The van der Waals surface area contributed by atoms with Crippen LogP contribution in [-0.2, 0) is 9.53 Å². The molecular formula is C14H16ClN3O6. The summed E-state index contributed by atoms with van der Waals surface area (Å²) in [6.07, 6.45) is 1.66. The maximum absolute atomic E-state index is 11.8. The van der Waals surface area contributed by atoms with Gasteiger partial charge in [0.1, 0.15) is 0 Å². The summed E-state index contributed by atoms with van der Waals surface area (Å²) < 4.78 is 4.71. The van der Waals surface area contributed by atoms with Gasteiger partial charge in [-0.1, -0.05) is 24.9 Å². The number of amides is 3. The lowest BCUT2D eigenvalue weighted by Crippen LogP contribution is -2.41. The molecule has 0 aliphatic rings. The first kappa shape index (κ1) is 19.4. The van der Waals surface area contributed by atoms with E-state index in [-0.39, 0.29) is 16.3 Å². The Balaban J connectivity index is 2.49. The van der Waals surface area contributed by atoms with E-state index in [9.17, 15) is 24.5 Å². The first-order chi connectivity index (χ1) is 11.3. The fourth-order valence-corrected chi connectivity index (χ4v) is 1.83. The minimum Gasteiger partial charge on any atom is -0.452 e. The van der Waals surface area contributed by atoms with Gasteiger partial charge in [0, 0.05) is 18.7 Å². The summed E-state index contributed by atoms with van der Waals surface area (Å²) in [4.78, 5) is 44.5. The van der Waals surface area contributed by atoms with E-state index in [1.807, 2.05) is 12.2 Å². The van der Waals surface area contributed by atoms with Gasteiger partial charge >= 0.3 is 12.0 Å². The van der Waals surface area contributed by atoms with Crippen LogP contribution in [0.2, 0.25) is 5.02 Å². The van der Waals surface area contributed by atoms with E-state index < -0.39 is 29.4 Å². The van der Waals surface area contributed by atoms with Crippen molar-refractivity contribution < 1.29 is 24.0 Å². The molecule has 0 unspecified atom stereocenters.